The fraction of sp³-hybridized carbons (Fsp3) is 0.400. The fourth-order valence-corrected chi connectivity index (χ4v) is 11.2. The minimum absolute atomic E-state index is 0.0861. The molecule has 3 aromatic heterocycles. The predicted molar refractivity (Wildman–Crippen MR) is 241 cm³/mol. The Morgan fingerprint density at radius 1 is 1.10 bits per heavy atom. The zero-order valence-electron chi connectivity index (χ0n) is 35.2. The number of carbonyl (C=O) groups excluding carboxylic acids is 2. The number of thiocarbonyl (C=S) groups is 1. The number of morpholine rings is 1. The number of rotatable bonds is 14. The summed E-state index contributed by atoms with van der Waals surface area (Å²) < 4.78 is 44.0. The van der Waals surface area contributed by atoms with Gasteiger partial charge in [-0.15, -0.1) is 0 Å². The van der Waals surface area contributed by atoms with E-state index < -0.39 is 31.7 Å². The minimum Gasteiger partial charge on any atom is -0.377 e. The molecule has 14 nitrogen and oxygen atoms in total. The van der Waals surface area contributed by atoms with Crippen LogP contribution < -0.4 is 20.0 Å². The Hall–Kier alpha value is -5.83. The summed E-state index contributed by atoms with van der Waals surface area (Å²) in [5.41, 5.74) is 2.91. The van der Waals surface area contributed by atoms with Crippen molar-refractivity contribution < 1.29 is 22.9 Å². The number of unbranched alkanes of at least 4 members (excludes halogenated alkanes) is 3. The normalized spacial score (nSPS) is 19.1. The summed E-state index contributed by atoms with van der Waals surface area (Å²) in [6.45, 7) is 9.38. The monoisotopic (exact) mass is 876 g/mol. The van der Waals surface area contributed by atoms with Gasteiger partial charge in [-0.2, -0.15) is 5.26 Å². The summed E-state index contributed by atoms with van der Waals surface area (Å²) in [7, 11) is -3.09. The number of benzene rings is 2. The lowest BCUT2D eigenvalue weighted by molar-refractivity contribution is -0.120. The molecule has 17 heteroatoms. The van der Waals surface area contributed by atoms with E-state index in [4.69, 9.17) is 26.9 Å². The van der Waals surface area contributed by atoms with Crippen molar-refractivity contribution in [3.8, 4) is 17.5 Å². The van der Waals surface area contributed by atoms with Crippen LogP contribution in [0.2, 0.25) is 0 Å². The van der Waals surface area contributed by atoms with Crippen LogP contribution in [0.3, 0.4) is 0 Å². The highest BCUT2D eigenvalue weighted by Crippen LogP contribution is 2.54. The zero-order chi connectivity index (χ0) is 44.0. The Kier molecular flexibility index (Phi) is 11.6. The number of hydrogen-bond donors (Lipinski definition) is 3. The number of aromatic nitrogens is 4. The topological polar surface area (TPSA) is 184 Å². The van der Waals surface area contributed by atoms with Crippen LogP contribution in [0, 0.1) is 28.9 Å². The van der Waals surface area contributed by atoms with Gasteiger partial charge in [0.2, 0.25) is 0 Å². The first kappa shape index (κ1) is 42.8. The number of hydrogen-bond acceptors (Lipinski definition) is 11. The van der Waals surface area contributed by atoms with Crippen molar-refractivity contribution in [2.24, 2.45) is 0 Å². The number of carbonyl (C=O) groups is 2. The molecule has 8 rings (SSSR count). The number of anilines is 3. The number of halogens is 1. The van der Waals surface area contributed by atoms with Crippen LogP contribution >= 0.6 is 12.2 Å². The van der Waals surface area contributed by atoms with Crippen molar-refractivity contribution in [3.05, 3.63) is 95.2 Å². The third kappa shape index (κ3) is 7.79. The van der Waals surface area contributed by atoms with Gasteiger partial charge in [0.25, 0.3) is 11.8 Å². The standard InChI is InChI=1S/C45H49FN10O4S2/c1-28-23-31(10-9-30(28)26-47)55-42(58)44(3,4)56(43(55)61)32-11-12-35(36(46)24-32)41(57)51-17-7-5-6-8-22-62(48,59)45(15-16-45)37-25-38(54-20-21-60-27-29(54)2)53-40(52-37)34-14-19-50-39-33(34)13-18-49-39/h9-14,18-19,23-25,29,48H,5-8,15-17,20-22,27H2,1-4H3,(H,49,50)(H,51,57)/t29-,62?/m1/s1. The smallest absolute Gasteiger partial charge is 0.259 e. The van der Waals surface area contributed by atoms with Gasteiger partial charge in [-0.05, 0) is 120 Å². The average molecular weight is 877 g/mol. The SMILES string of the molecule is Cc1cc(N2C(=O)C(C)(C)N(c3ccc(C(=O)NCCCCCCS(=N)(=O)C4(c5cc(N6CCOC[C@H]6C)nc(-c6ccnc7[nH]ccc67)n5)CC4)c(F)c3)C2=S)ccc1C#N. The molecule has 322 valence electrons. The number of nitriles is 1. The first-order chi connectivity index (χ1) is 29.7. The van der Waals surface area contributed by atoms with Gasteiger partial charge in [0, 0.05) is 53.9 Å². The molecule has 1 unspecified atom stereocenters. The molecule has 0 spiro atoms. The molecule has 3 N–H and O–H groups in total. The summed E-state index contributed by atoms with van der Waals surface area (Å²) in [4.78, 5) is 49.4. The molecule has 5 heterocycles. The molecule has 3 fully saturated rings. The van der Waals surface area contributed by atoms with Crippen molar-refractivity contribution in [3.63, 3.8) is 0 Å². The van der Waals surface area contributed by atoms with E-state index in [0.717, 1.165) is 28.8 Å². The van der Waals surface area contributed by atoms with E-state index in [-0.39, 0.29) is 28.4 Å². The number of amides is 2. The number of ether oxygens (including phenoxy) is 1. The van der Waals surface area contributed by atoms with Crippen molar-refractivity contribution in [2.45, 2.75) is 82.5 Å². The molecule has 3 aliphatic rings. The van der Waals surface area contributed by atoms with Crippen molar-refractivity contribution >= 4 is 67.1 Å². The number of aromatic amines is 1. The van der Waals surface area contributed by atoms with Crippen LogP contribution in [0.4, 0.5) is 21.6 Å². The molecule has 2 aromatic carbocycles. The number of aryl methyl sites for hydroxylation is 1. The Morgan fingerprint density at radius 3 is 2.60 bits per heavy atom. The third-order valence-electron chi connectivity index (χ3n) is 12.2. The second-order valence-electron chi connectivity index (χ2n) is 16.8. The predicted octanol–water partition coefficient (Wildman–Crippen LogP) is 7.51. The van der Waals surface area contributed by atoms with Crippen LogP contribution in [0.1, 0.15) is 86.5 Å². The van der Waals surface area contributed by atoms with Crippen molar-refractivity contribution in [2.75, 3.05) is 46.8 Å². The molecular weight excluding hydrogens is 828 g/mol. The van der Waals surface area contributed by atoms with Gasteiger partial charge in [-0.25, -0.2) is 23.6 Å². The highest BCUT2D eigenvalue weighted by Gasteiger charge is 2.55. The van der Waals surface area contributed by atoms with Gasteiger partial charge in [0.15, 0.2) is 10.9 Å². The molecule has 5 aromatic rings. The average Bonchev–Trinajstić information content (AvgIpc) is 3.90. The molecule has 2 aliphatic heterocycles. The van der Waals surface area contributed by atoms with Crippen molar-refractivity contribution in [1.82, 2.24) is 25.3 Å². The van der Waals surface area contributed by atoms with E-state index in [1.54, 1.807) is 56.1 Å². The Morgan fingerprint density at radius 2 is 1.87 bits per heavy atom. The second kappa shape index (κ2) is 16.8. The number of pyridine rings is 1. The zero-order valence-corrected chi connectivity index (χ0v) is 36.8. The lowest BCUT2D eigenvalue weighted by Gasteiger charge is -2.35. The van der Waals surface area contributed by atoms with Gasteiger partial charge >= 0.3 is 0 Å². The third-order valence-corrected chi connectivity index (χ3v) is 15.3. The fourth-order valence-electron chi connectivity index (χ4n) is 8.50. The molecule has 0 radical (unpaired) electrons. The number of fused-ring (bicyclic) bond motifs is 1. The van der Waals surface area contributed by atoms with Crippen LogP contribution in [0.25, 0.3) is 22.4 Å². The summed E-state index contributed by atoms with van der Waals surface area (Å²) in [5.74, 6) is -0.144. The maximum Gasteiger partial charge on any atom is 0.259 e. The number of H-pyrrole nitrogens is 1. The first-order valence-electron chi connectivity index (χ1n) is 20.9. The van der Waals surface area contributed by atoms with Crippen molar-refractivity contribution in [1.29, 1.82) is 10.0 Å². The maximum atomic E-state index is 15.6. The van der Waals surface area contributed by atoms with E-state index in [2.05, 4.69) is 33.2 Å². The Balaban J connectivity index is 0.869. The quantitative estimate of drug-likeness (QED) is 0.0741. The van der Waals surface area contributed by atoms with Gasteiger partial charge < -0.3 is 24.8 Å². The van der Waals surface area contributed by atoms with Crippen LogP contribution in [-0.2, 0) is 24.0 Å². The van der Waals surface area contributed by atoms with E-state index in [1.807, 2.05) is 24.4 Å². The van der Waals surface area contributed by atoms with E-state index in [0.29, 0.717) is 92.4 Å². The number of nitrogens with one attached hydrogen (secondary N) is 3. The maximum absolute atomic E-state index is 15.6. The van der Waals surface area contributed by atoms with E-state index in [9.17, 15) is 23.8 Å². The molecule has 62 heavy (non-hydrogen) atoms. The molecular formula is C45H49FN10O4S2. The summed E-state index contributed by atoms with van der Waals surface area (Å²) in [5, 5.41) is 13.2. The Bertz CT molecular complexity index is 2750. The van der Waals surface area contributed by atoms with Gasteiger partial charge in [0.05, 0.1) is 62.3 Å². The van der Waals surface area contributed by atoms with Gasteiger partial charge in [-0.3, -0.25) is 19.3 Å². The summed E-state index contributed by atoms with van der Waals surface area (Å²) in [6, 6.07) is 17.1. The number of nitrogens with zero attached hydrogens (tertiary/aromatic N) is 7. The van der Waals surface area contributed by atoms with E-state index in [1.165, 1.54) is 17.0 Å². The van der Waals surface area contributed by atoms with Gasteiger partial charge in [-0.1, -0.05) is 12.8 Å². The molecule has 0 bridgehead atoms. The molecule has 2 amide bonds. The molecule has 2 saturated heterocycles. The summed E-state index contributed by atoms with van der Waals surface area (Å²) >= 11 is 5.74. The highest BCUT2D eigenvalue weighted by atomic mass is 32.2. The molecule has 1 saturated carbocycles. The van der Waals surface area contributed by atoms with Crippen LogP contribution in [0.15, 0.2) is 67.0 Å². The Labute approximate surface area is 365 Å². The lowest BCUT2D eigenvalue weighted by Crippen LogP contribution is -2.44. The van der Waals surface area contributed by atoms with Crippen LogP contribution in [0.5, 0.6) is 0 Å². The highest BCUT2D eigenvalue weighted by molar-refractivity contribution is 7.93. The first-order valence-corrected chi connectivity index (χ1v) is 23.0. The van der Waals surface area contributed by atoms with Crippen LogP contribution in [-0.4, -0.2) is 84.7 Å². The largest absolute Gasteiger partial charge is 0.377 e. The van der Waals surface area contributed by atoms with Gasteiger partial charge in [0.1, 0.15) is 22.8 Å². The van der Waals surface area contributed by atoms with E-state index >= 15 is 4.39 Å². The minimum atomic E-state index is -3.09. The second-order valence-corrected chi connectivity index (χ2v) is 19.7. The lowest BCUT2D eigenvalue weighted by atomic mass is 10.0. The molecule has 1 aliphatic carbocycles. The molecule has 2 atom stereocenters. The summed E-state index contributed by atoms with van der Waals surface area (Å²) in [6.07, 6.45) is 7.40.